The summed E-state index contributed by atoms with van der Waals surface area (Å²) in [6, 6.07) is 6.02. The number of carbonyl (C=O) groups is 1. The van der Waals surface area contributed by atoms with Gasteiger partial charge in [0, 0.05) is 37.1 Å². The van der Waals surface area contributed by atoms with E-state index in [2.05, 4.69) is 22.3 Å². The lowest BCUT2D eigenvalue weighted by Gasteiger charge is -2.18. The van der Waals surface area contributed by atoms with Crippen molar-refractivity contribution in [2.75, 3.05) is 30.3 Å². The van der Waals surface area contributed by atoms with Crippen LogP contribution in [0.1, 0.15) is 31.7 Å². The van der Waals surface area contributed by atoms with Gasteiger partial charge in [-0.1, -0.05) is 6.92 Å². The van der Waals surface area contributed by atoms with E-state index in [1.807, 2.05) is 13.0 Å². The Morgan fingerprint density at radius 1 is 1.40 bits per heavy atom. The van der Waals surface area contributed by atoms with E-state index in [0.29, 0.717) is 12.2 Å². The third kappa shape index (κ3) is 3.76. The fourth-order valence-corrected chi connectivity index (χ4v) is 2.35. The largest absolute Gasteiger partial charge is 0.398 e. The number of nitrogens with zero attached hydrogens (tertiary/aromatic N) is 1. The topological polar surface area (TPSA) is 58.4 Å². The molecule has 0 spiro atoms. The van der Waals surface area contributed by atoms with Crippen LogP contribution in [-0.4, -0.2) is 25.5 Å². The molecule has 0 radical (unpaired) electrons. The Bertz CT molecular complexity index is 490. The Morgan fingerprint density at radius 3 is 2.85 bits per heavy atom. The maximum atomic E-state index is 11.6. The number of amides is 1. The molecule has 2 rings (SSSR count). The molecule has 1 aromatic carbocycles. The molecule has 4 nitrogen and oxygen atoms in total. The van der Waals surface area contributed by atoms with Gasteiger partial charge in [-0.3, -0.25) is 4.79 Å². The predicted molar refractivity (Wildman–Crippen MR) is 84.6 cm³/mol. The molecule has 0 unspecified atom stereocenters. The molecule has 0 aromatic heterocycles. The monoisotopic (exact) mass is 273 g/mol. The fraction of sp³-hybridized carbons (Fsp3) is 0.438. The normalized spacial score (nSPS) is 14.9. The van der Waals surface area contributed by atoms with Gasteiger partial charge in [-0.15, -0.1) is 0 Å². The number of rotatable bonds is 5. The molecule has 1 fully saturated rings. The van der Waals surface area contributed by atoms with Crippen molar-refractivity contribution in [2.45, 2.75) is 26.2 Å². The first kappa shape index (κ1) is 14.4. The summed E-state index contributed by atoms with van der Waals surface area (Å²) in [7, 11) is 0. The summed E-state index contributed by atoms with van der Waals surface area (Å²) in [6.45, 7) is 4.93. The Hall–Kier alpha value is -1.97. The van der Waals surface area contributed by atoms with Crippen molar-refractivity contribution < 1.29 is 4.79 Å². The lowest BCUT2D eigenvalue weighted by atomic mass is 10.1. The summed E-state index contributed by atoms with van der Waals surface area (Å²) in [5, 5.41) is 2.81. The molecule has 1 saturated heterocycles. The maximum absolute atomic E-state index is 11.6. The van der Waals surface area contributed by atoms with Crippen molar-refractivity contribution in [3.63, 3.8) is 0 Å². The molecule has 1 aliphatic heterocycles. The number of hydrogen-bond donors (Lipinski definition) is 2. The number of nitrogens with one attached hydrogen (secondary N) is 1. The lowest BCUT2D eigenvalue weighted by Crippen LogP contribution is -2.21. The molecular weight excluding hydrogens is 250 g/mol. The average Bonchev–Trinajstić information content (AvgIpc) is 2.98. The SMILES string of the molecule is CCCNC(=O)C=Cc1cc(N2CCCC2)ccc1N. The minimum absolute atomic E-state index is 0.0715. The van der Waals surface area contributed by atoms with Gasteiger partial charge in [-0.25, -0.2) is 0 Å². The highest BCUT2D eigenvalue weighted by molar-refractivity contribution is 5.92. The van der Waals surface area contributed by atoms with Crippen LogP contribution >= 0.6 is 0 Å². The number of nitrogen functional groups attached to an aromatic ring is 1. The quantitative estimate of drug-likeness (QED) is 0.640. The van der Waals surface area contributed by atoms with E-state index in [4.69, 9.17) is 5.73 Å². The van der Waals surface area contributed by atoms with E-state index in [1.165, 1.54) is 18.5 Å². The first-order valence-corrected chi connectivity index (χ1v) is 7.31. The first-order valence-electron chi connectivity index (χ1n) is 7.31. The molecule has 1 amide bonds. The highest BCUT2D eigenvalue weighted by Crippen LogP contribution is 2.25. The van der Waals surface area contributed by atoms with Crippen LogP contribution in [0.25, 0.3) is 6.08 Å². The summed E-state index contributed by atoms with van der Waals surface area (Å²) >= 11 is 0. The molecule has 20 heavy (non-hydrogen) atoms. The molecule has 0 saturated carbocycles. The fourth-order valence-electron chi connectivity index (χ4n) is 2.35. The number of carbonyl (C=O) groups excluding carboxylic acids is 1. The Kier molecular flexibility index (Phi) is 5.04. The molecule has 0 bridgehead atoms. The Labute approximate surface area is 120 Å². The van der Waals surface area contributed by atoms with Gasteiger partial charge in [-0.2, -0.15) is 0 Å². The van der Waals surface area contributed by atoms with E-state index < -0.39 is 0 Å². The lowest BCUT2D eigenvalue weighted by molar-refractivity contribution is -0.116. The van der Waals surface area contributed by atoms with E-state index in [1.54, 1.807) is 12.2 Å². The highest BCUT2D eigenvalue weighted by Gasteiger charge is 2.12. The molecular formula is C16H23N3O. The second kappa shape index (κ2) is 6.98. The zero-order chi connectivity index (χ0) is 14.4. The Balaban J connectivity index is 2.08. The van der Waals surface area contributed by atoms with Crippen molar-refractivity contribution in [1.82, 2.24) is 5.32 Å². The van der Waals surface area contributed by atoms with E-state index in [-0.39, 0.29) is 5.91 Å². The number of anilines is 2. The van der Waals surface area contributed by atoms with Gasteiger partial charge in [0.2, 0.25) is 5.91 Å². The second-order valence-corrected chi connectivity index (χ2v) is 5.13. The molecule has 0 atom stereocenters. The second-order valence-electron chi connectivity index (χ2n) is 5.13. The van der Waals surface area contributed by atoms with Gasteiger partial charge in [0.25, 0.3) is 0 Å². The predicted octanol–water partition coefficient (Wildman–Crippen LogP) is 2.41. The third-order valence-electron chi connectivity index (χ3n) is 3.51. The van der Waals surface area contributed by atoms with Crippen LogP contribution in [-0.2, 0) is 4.79 Å². The van der Waals surface area contributed by atoms with Crippen LogP contribution in [0, 0.1) is 0 Å². The molecule has 4 heteroatoms. The number of hydrogen-bond acceptors (Lipinski definition) is 3. The van der Waals surface area contributed by atoms with Gasteiger partial charge >= 0.3 is 0 Å². The van der Waals surface area contributed by atoms with Crippen LogP contribution in [0.3, 0.4) is 0 Å². The van der Waals surface area contributed by atoms with E-state index >= 15 is 0 Å². The minimum atomic E-state index is -0.0715. The third-order valence-corrected chi connectivity index (χ3v) is 3.51. The average molecular weight is 273 g/mol. The van der Waals surface area contributed by atoms with Gasteiger partial charge in [0.05, 0.1) is 0 Å². The van der Waals surface area contributed by atoms with Crippen molar-refractivity contribution in [1.29, 1.82) is 0 Å². The van der Waals surface area contributed by atoms with Crippen LogP contribution < -0.4 is 16.0 Å². The standard InChI is InChI=1S/C16H23N3O/c1-2-9-18-16(20)8-5-13-12-14(6-7-15(13)17)19-10-3-4-11-19/h5-8,12H,2-4,9-11,17H2,1H3,(H,18,20). The summed E-state index contributed by atoms with van der Waals surface area (Å²) in [4.78, 5) is 13.9. The highest BCUT2D eigenvalue weighted by atomic mass is 16.1. The number of benzene rings is 1. The van der Waals surface area contributed by atoms with E-state index in [0.717, 1.165) is 25.1 Å². The maximum Gasteiger partial charge on any atom is 0.244 e. The molecule has 0 aliphatic carbocycles. The molecule has 1 aromatic rings. The van der Waals surface area contributed by atoms with Gasteiger partial charge in [0.1, 0.15) is 0 Å². The van der Waals surface area contributed by atoms with Crippen LogP contribution in [0.5, 0.6) is 0 Å². The zero-order valence-electron chi connectivity index (χ0n) is 12.1. The van der Waals surface area contributed by atoms with E-state index in [9.17, 15) is 4.79 Å². The van der Waals surface area contributed by atoms with Crippen molar-refractivity contribution in [2.24, 2.45) is 0 Å². The molecule has 1 aliphatic rings. The van der Waals surface area contributed by atoms with Crippen molar-refractivity contribution >= 4 is 23.4 Å². The minimum Gasteiger partial charge on any atom is -0.398 e. The smallest absolute Gasteiger partial charge is 0.244 e. The van der Waals surface area contributed by atoms with Gasteiger partial charge in [-0.05, 0) is 49.1 Å². The Morgan fingerprint density at radius 2 is 2.15 bits per heavy atom. The number of nitrogens with two attached hydrogens (primary N) is 1. The van der Waals surface area contributed by atoms with Gasteiger partial charge in [0.15, 0.2) is 0 Å². The summed E-state index contributed by atoms with van der Waals surface area (Å²) < 4.78 is 0. The summed E-state index contributed by atoms with van der Waals surface area (Å²) in [6.07, 6.45) is 6.77. The summed E-state index contributed by atoms with van der Waals surface area (Å²) in [5.74, 6) is -0.0715. The summed E-state index contributed by atoms with van der Waals surface area (Å²) in [5.41, 5.74) is 8.76. The molecule has 108 valence electrons. The van der Waals surface area contributed by atoms with Crippen molar-refractivity contribution in [3.8, 4) is 0 Å². The van der Waals surface area contributed by atoms with Crippen LogP contribution in [0.2, 0.25) is 0 Å². The molecule has 1 heterocycles. The zero-order valence-corrected chi connectivity index (χ0v) is 12.1. The molecule has 3 N–H and O–H groups in total. The van der Waals surface area contributed by atoms with Crippen molar-refractivity contribution in [3.05, 3.63) is 29.8 Å². The first-order chi connectivity index (χ1) is 9.70. The van der Waals surface area contributed by atoms with Gasteiger partial charge < -0.3 is 16.0 Å². The van der Waals surface area contributed by atoms with Crippen LogP contribution in [0.15, 0.2) is 24.3 Å². The van der Waals surface area contributed by atoms with Crippen LogP contribution in [0.4, 0.5) is 11.4 Å².